The van der Waals surface area contributed by atoms with E-state index in [-0.39, 0.29) is 6.42 Å². The predicted molar refractivity (Wildman–Crippen MR) is 103 cm³/mol. The number of rotatable bonds is 14. The molecule has 1 aliphatic rings. The van der Waals surface area contributed by atoms with Gasteiger partial charge in [-0.05, 0) is 6.42 Å². The lowest BCUT2D eigenvalue weighted by Gasteiger charge is -2.45. The quantitative estimate of drug-likeness (QED) is 0.283. The van der Waals surface area contributed by atoms with Crippen LogP contribution in [-0.4, -0.2) is 63.0 Å². The molecule has 1 rings (SSSR count). The molecule has 0 aromatic rings. The van der Waals surface area contributed by atoms with Crippen molar-refractivity contribution in [1.82, 2.24) is 0 Å². The van der Waals surface area contributed by atoms with Gasteiger partial charge < -0.3 is 30.9 Å². The van der Waals surface area contributed by atoms with Crippen LogP contribution in [0, 0.1) is 0 Å². The maximum atomic E-state index is 12.4. The van der Waals surface area contributed by atoms with Gasteiger partial charge in [-0.2, -0.15) is 0 Å². The highest BCUT2D eigenvalue weighted by Gasteiger charge is 2.55. The summed E-state index contributed by atoms with van der Waals surface area (Å²) in [5, 5.41) is 39.4. The fraction of sp³-hybridized carbons (Fsp3) is 0.950. The fourth-order valence-electron chi connectivity index (χ4n) is 3.57. The van der Waals surface area contributed by atoms with Crippen molar-refractivity contribution in [3.05, 3.63) is 0 Å². The molecule has 1 heterocycles. The molecule has 0 aliphatic carbocycles. The number of unbranched alkanes of at least 4 members (excludes halogenated alkanes) is 10. The molecule has 160 valence electrons. The average Bonchev–Trinajstić information content (AvgIpc) is 2.67. The third-order valence-corrected chi connectivity index (χ3v) is 5.47. The van der Waals surface area contributed by atoms with Crippen molar-refractivity contribution in [2.45, 2.75) is 114 Å². The Labute approximate surface area is 162 Å². The lowest BCUT2D eigenvalue weighted by Crippen LogP contribution is -2.71. The van der Waals surface area contributed by atoms with Crippen molar-refractivity contribution in [2.24, 2.45) is 5.73 Å². The molecule has 7 nitrogen and oxygen atoms in total. The smallest absolute Gasteiger partial charge is 0.245 e. The van der Waals surface area contributed by atoms with Crippen LogP contribution in [0.25, 0.3) is 0 Å². The molecule has 1 saturated heterocycles. The van der Waals surface area contributed by atoms with Crippen molar-refractivity contribution in [3.8, 4) is 0 Å². The van der Waals surface area contributed by atoms with Crippen LogP contribution < -0.4 is 5.73 Å². The van der Waals surface area contributed by atoms with Crippen molar-refractivity contribution < 1.29 is 30.0 Å². The molecule has 7 heteroatoms. The topological polar surface area (TPSA) is 133 Å². The molecule has 0 bridgehead atoms. The van der Waals surface area contributed by atoms with E-state index >= 15 is 0 Å². The second-order valence-corrected chi connectivity index (χ2v) is 7.75. The molecule has 27 heavy (non-hydrogen) atoms. The van der Waals surface area contributed by atoms with Crippen LogP contribution in [0.15, 0.2) is 0 Å². The Morgan fingerprint density at radius 1 is 0.926 bits per heavy atom. The summed E-state index contributed by atoms with van der Waals surface area (Å²) in [6.07, 6.45) is 8.51. The van der Waals surface area contributed by atoms with Crippen LogP contribution in [0.5, 0.6) is 0 Å². The molecule has 0 saturated carbocycles. The van der Waals surface area contributed by atoms with Gasteiger partial charge in [0.25, 0.3) is 0 Å². The summed E-state index contributed by atoms with van der Waals surface area (Å²) in [5.41, 5.74) is 5.71. The zero-order chi connectivity index (χ0) is 20.3. The van der Waals surface area contributed by atoms with Crippen molar-refractivity contribution in [1.29, 1.82) is 0 Å². The number of aliphatic hydroxyl groups is 4. The van der Waals surface area contributed by atoms with Gasteiger partial charge in [0.05, 0.1) is 12.6 Å². The van der Waals surface area contributed by atoms with E-state index in [1.54, 1.807) is 0 Å². The number of aliphatic hydroxyl groups excluding tert-OH is 3. The van der Waals surface area contributed by atoms with Gasteiger partial charge in [0.1, 0.15) is 18.3 Å². The molecule has 0 aromatic heterocycles. The first-order chi connectivity index (χ1) is 12.9. The summed E-state index contributed by atoms with van der Waals surface area (Å²) in [4.78, 5) is 12.4. The van der Waals surface area contributed by atoms with Gasteiger partial charge in [-0.3, -0.25) is 4.79 Å². The maximum Gasteiger partial charge on any atom is 0.245 e. The van der Waals surface area contributed by atoms with Gasteiger partial charge in [0, 0.05) is 6.42 Å². The predicted octanol–water partition coefficient (Wildman–Crippen LogP) is 1.39. The molecule has 0 radical (unpaired) electrons. The first-order valence-electron chi connectivity index (χ1n) is 10.5. The van der Waals surface area contributed by atoms with Gasteiger partial charge in [-0.15, -0.1) is 0 Å². The van der Waals surface area contributed by atoms with E-state index in [0.29, 0.717) is 6.42 Å². The van der Waals surface area contributed by atoms with Gasteiger partial charge in [-0.25, -0.2) is 0 Å². The zero-order valence-corrected chi connectivity index (χ0v) is 16.7. The minimum absolute atomic E-state index is 0.0855. The lowest BCUT2D eigenvalue weighted by atomic mass is 9.87. The Bertz CT molecular complexity index is 419. The van der Waals surface area contributed by atoms with Crippen LogP contribution in [0.2, 0.25) is 0 Å². The van der Waals surface area contributed by atoms with E-state index in [9.17, 15) is 25.2 Å². The fourth-order valence-corrected chi connectivity index (χ4v) is 3.57. The van der Waals surface area contributed by atoms with Crippen LogP contribution in [-0.2, 0) is 9.53 Å². The van der Waals surface area contributed by atoms with Crippen LogP contribution >= 0.6 is 0 Å². The van der Waals surface area contributed by atoms with Crippen LogP contribution in [0.1, 0.15) is 84.0 Å². The summed E-state index contributed by atoms with van der Waals surface area (Å²) in [6, 6.07) is -1.45. The van der Waals surface area contributed by atoms with E-state index < -0.39 is 42.5 Å². The largest absolute Gasteiger partial charge is 0.394 e. The third-order valence-electron chi connectivity index (χ3n) is 5.47. The molecule has 1 fully saturated rings. The molecular weight excluding hydrogens is 350 g/mol. The van der Waals surface area contributed by atoms with Gasteiger partial charge in [-0.1, -0.05) is 71.1 Å². The Kier molecular flexibility index (Phi) is 11.6. The first-order valence-corrected chi connectivity index (χ1v) is 10.5. The van der Waals surface area contributed by atoms with Crippen molar-refractivity contribution >= 4 is 5.78 Å². The van der Waals surface area contributed by atoms with Gasteiger partial charge in [0.2, 0.25) is 5.79 Å². The summed E-state index contributed by atoms with van der Waals surface area (Å²) in [5.74, 6) is -2.99. The number of hydrogen-bond donors (Lipinski definition) is 5. The van der Waals surface area contributed by atoms with Crippen LogP contribution in [0.3, 0.4) is 0 Å². The van der Waals surface area contributed by atoms with Gasteiger partial charge in [0.15, 0.2) is 5.78 Å². The Morgan fingerprint density at radius 2 is 1.41 bits per heavy atom. The van der Waals surface area contributed by atoms with Crippen molar-refractivity contribution in [3.63, 3.8) is 0 Å². The lowest BCUT2D eigenvalue weighted by molar-refractivity contribution is -0.297. The first kappa shape index (κ1) is 24.5. The maximum absolute atomic E-state index is 12.4. The molecule has 5 atom stereocenters. The standard InChI is InChI=1S/C20H39NO6/c1-2-3-4-5-6-7-8-9-10-11-12-13-16(23)20(26)19(21)18(25)17(24)15(14-22)27-20/h15,17-19,22,24-26H,2-14,21H2,1H3/t15-,17-,18+,19-,20?/m1/s1. The molecule has 1 unspecified atom stereocenters. The summed E-state index contributed by atoms with van der Waals surface area (Å²) >= 11 is 0. The highest BCUT2D eigenvalue weighted by Crippen LogP contribution is 2.29. The Hall–Kier alpha value is -0.570. The number of carbonyl (C=O) groups excluding carboxylic acids is 1. The number of carbonyl (C=O) groups is 1. The highest BCUT2D eigenvalue weighted by molar-refractivity contribution is 5.86. The van der Waals surface area contributed by atoms with Crippen LogP contribution in [0.4, 0.5) is 0 Å². The number of nitrogens with two attached hydrogens (primary N) is 1. The van der Waals surface area contributed by atoms with Crippen molar-refractivity contribution in [2.75, 3.05) is 6.61 Å². The molecular formula is C20H39NO6. The Morgan fingerprint density at radius 3 is 1.89 bits per heavy atom. The minimum atomic E-state index is -2.37. The van der Waals surface area contributed by atoms with E-state index in [0.717, 1.165) is 19.3 Å². The van der Waals surface area contributed by atoms with E-state index in [2.05, 4.69) is 6.92 Å². The van der Waals surface area contributed by atoms with E-state index in [1.165, 1.54) is 44.9 Å². The summed E-state index contributed by atoms with van der Waals surface area (Å²) < 4.78 is 5.15. The average molecular weight is 390 g/mol. The normalized spacial score (nSPS) is 31.2. The number of ether oxygens (including phenoxy) is 1. The molecule has 6 N–H and O–H groups in total. The highest BCUT2D eigenvalue weighted by atomic mass is 16.7. The second kappa shape index (κ2) is 12.8. The summed E-state index contributed by atoms with van der Waals surface area (Å²) in [6.45, 7) is 1.59. The van der Waals surface area contributed by atoms with Gasteiger partial charge >= 0.3 is 0 Å². The number of hydrogen-bond acceptors (Lipinski definition) is 7. The third kappa shape index (κ3) is 7.40. The molecule has 0 spiro atoms. The molecule has 0 aromatic carbocycles. The zero-order valence-electron chi connectivity index (χ0n) is 16.7. The SMILES string of the molecule is CCCCCCCCCCCCCC(=O)C1(O)O[C@H](CO)[C@@H](O)[C@H](O)[C@H]1N. The minimum Gasteiger partial charge on any atom is -0.394 e. The number of ketones is 1. The van der Waals surface area contributed by atoms with E-state index in [1.807, 2.05) is 0 Å². The number of Topliss-reactive ketones (excluding diaryl/α,β-unsaturated/α-hetero) is 1. The molecule has 0 amide bonds. The molecule has 1 aliphatic heterocycles. The van der Waals surface area contributed by atoms with E-state index in [4.69, 9.17) is 10.5 Å². The second-order valence-electron chi connectivity index (χ2n) is 7.75. The monoisotopic (exact) mass is 389 g/mol. The summed E-state index contributed by atoms with van der Waals surface area (Å²) in [7, 11) is 0. The Balaban J connectivity index is 2.22.